The van der Waals surface area contributed by atoms with Crippen LogP contribution in [0.25, 0.3) is 22.3 Å². The van der Waals surface area contributed by atoms with E-state index in [4.69, 9.17) is 20.3 Å². The van der Waals surface area contributed by atoms with Gasteiger partial charge in [0.15, 0.2) is 11.9 Å². The summed E-state index contributed by atoms with van der Waals surface area (Å²) in [5.41, 5.74) is 4.47. The Morgan fingerprint density at radius 1 is 1.22 bits per heavy atom. The number of nitrogens with two attached hydrogens (primary N) is 1. The standard InChI is InChI=1S/C15H20FN6O12P3/c1-15(16)11(23)9(5-31-36(27,28)34-37(29,30)33-35(24,25)26)32-14(15)22-4-7(8-2-3-20-21-8)10-12(17)18-6-19-13(10)22/h2-4,6,9,11,14,23H,5H2,1H3,(H,20,21)(H,27,28)(H,29,30)(H2,17,18,19)(H2,24,25,26)/t9-,11-,14-,15-/m1/s1. The Morgan fingerprint density at radius 2 is 1.92 bits per heavy atom. The number of nitrogens with one attached hydrogen (secondary N) is 1. The second kappa shape index (κ2) is 9.57. The highest BCUT2D eigenvalue weighted by atomic mass is 31.3. The molecule has 0 aromatic carbocycles. The molecule has 3 aromatic heterocycles. The summed E-state index contributed by atoms with van der Waals surface area (Å²) in [5, 5.41) is 17.4. The average molecular weight is 588 g/mol. The van der Waals surface area contributed by atoms with Gasteiger partial charge in [-0.25, -0.2) is 28.1 Å². The van der Waals surface area contributed by atoms with Gasteiger partial charge < -0.3 is 39.7 Å². The zero-order valence-electron chi connectivity index (χ0n) is 18.4. The third kappa shape index (κ3) is 5.83. The summed E-state index contributed by atoms with van der Waals surface area (Å²) >= 11 is 0. The van der Waals surface area contributed by atoms with E-state index in [2.05, 4.69) is 33.3 Å². The highest BCUT2D eigenvalue weighted by molar-refractivity contribution is 7.66. The summed E-state index contributed by atoms with van der Waals surface area (Å²) in [6.07, 6.45) is -1.20. The van der Waals surface area contributed by atoms with Gasteiger partial charge in [0.25, 0.3) is 0 Å². The van der Waals surface area contributed by atoms with Crippen LogP contribution >= 0.6 is 23.5 Å². The first-order chi connectivity index (χ1) is 17.0. The smallest absolute Gasteiger partial charge is 0.387 e. The molecule has 22 heteroatoms. The van der Waals surface area contributed by atoms with Crippen molar-refractivity contribution in [3.05, 3.63) is 24.8 Å². The van der Waals surface area contributed by atoms with Gasteiger partial charge >= 0.3 is 23.5 Å². The molecule has 1 aliphatic heterocycles. The lowest BCUT2D eigenvalue weighted by atomic mass is 9.98. The quantitative estimate of drug-likeness (QED) is 0.170. The number of H-pyrrole nitrogens is 1. The largest absolute Gasteiger partial charge is 0.490 e. The number of ether oxygens (including phenoxy) is 1. The SMILES string of the molecule is C[C@@]1(F)[C@H](O)[C@@H](COP(=O)(O)OP(=O)(O)OP(=O)(O)O)O[C@H]1n1cc(-c2ccn[nH]2)c2c(N)ncnc21. The van der Waals surface area contributed by atoms with E-state index in [1.807, 2.05) is 0 Å². The lowest BCUT2D eigenvalue weighted by Gasteiger charge is -2.25. The van der Waals surface area contributed by atoms with Crippen molar-refractivity contribution >= 4 is 40.3 Å². The fourth-order valence-electron chi connectivity index (χ4n) is 3.72. The summed E-state index contributed by atoms with van der Waals surface area (Å²) in [5.74, 6) is 0.0525. The number of rotatable bonds is 9. The molecule has 6 atom stereocenters. The van der Waals surface area contributed by atoms with E-state index in [1.54, 1.807) is 6.07 Å². The number of halogens is 1. The molecule has 0 radical (unpaired) electrons. The van der Waals surface area contributed by atoms with E-state index in [9.17, 15) is 28.6 Å². The molecule has 37 heavy (non-hydrogen) atoms. The first kappa shape index (κ1) is 27.9. The molecule has 0 spiro atoms. The van der Waals surface area contributed by atoms with Crippen molar-refractivity contribution < 1.29 is 60.6 Å². The fraction of sp³-hybridized carbons (Fsp3) is 0.400. The maximum atomic E-state index is 15.8. The lowest BCUT2D eigenvalue weighted by Crippen LogP contribution is -2.40. The van der Waals surface area contributed by atoms with Gasteiger partial charge in [0.05, 0.1) is 17.7 Å². The molecule has 8 N–H and O–H groups in total. The Bertz CT molecular complexity index is 1440. The molecule has 204 valence electrons. The van der Waals surface area contributed by atoms with Crippen molar-refractivity contribution in [3.63, 3.8) is 0 Å². The van der Waals surface area contributed by atoms with Gasteiger partial charge in [0.1, 0.15) is 30.0 Å². The molecule has 2 unspecified atom stereocenters. The normalized spacial score (nSPS) is 27.8. The molecule has 0 aliphatic carbocycles. The predicted octanol–water partition coefficient (Wildman–Crippen LogP) is 0.733. The Labute approximate surface area is 205 Å². The number of nitrogen functional groups attached to an aromatic ring is 1. The molecule has 0 saturated carbocycles. The average Bonchev–Trinajstić information content (AvgIpc) is 3.43. The van der Waals surface area contributed by atoms with Gasteiger partial charge in [0, 0.05) is 18.0 Å². The van der Waals surface area contributed by atoms with Crippen LogP contribution in [0, 0.1) is 0 Å². The van der Waals surface area contributed by atoms with Crippen LogP contribution in [0.5, 0.6) is 0 Å². The molecule has 4 heterocycles. The summed E-state index contributed by atoms with van der Waals surface area (Å²) in [4.78, 5) is 44.1. The minimum atomic E-state index is -5.77. The third-order valence-electron chi connectivity index (χ3n) is 5.22. The van der Waals surface area contributed by atoms with E-state index in [-0.39, 0.29) is 11.5 Å². The van der Waals surface area contributed by atoms with Crippen LogP contribution in [0.4, 0.5) is 10.2 Å². The van der Waals surface area contributed by atoms with Crippen LogP contribution in [0.15, 0.2) is 24.8 Å². The van der Waals surface area contributed by atoms with Crippen molar-refractivity contribution in [1.29, 1.82) is 0 Å². The van der Waals surface area contributed by atoms with Gasteiger partial charge in [-0.05, 0) is 13.0 Å². The molecule has 3 aromatic rings. The van der Waals surface area contributed by atoms with Crippen LogP contribution in [0.2, 0.25) is 0 Å². The van der Waals surface area contributed by atoms with Crippen molar-refractivity contribution in [2.24, 2.45) is 0 Å². The summed E-state index contributed by atoms with van der Waals surface area (Å²) in [6.45, 7) is -0.0794. The van der Waals surface area contributed by atoms with Crippen LogP contribution in [-0.4, -0.2) is 73.9 Å². The number of aromatic nitrogens is 5. The number of fused-ring (bicyclic) bond motifs is 1. The third-order valence-corrected chi connectivity index (χ3v) is 9.02. The number of nitrogens with zero attached hydrogens (tertiary/aromatic N) is 4. The summed E-state index contributed by atoms with van der Waals surface area (Å²) < 4.78 is 68.5. The number of aromatic amines is 1. The van der Waals surface area contributed by atoms with Crippen LogP contribution in [0.1, 0.15) is 13.2 Å². The number of hydrogen-bond acceptors (Lipinski definition) is 12. The molecule has 4 rings (SSSR count). The second-order valence-electron chi connectivity index (χ2n) is 7.89. The topological polar surface area (TPSA) is 275 Å². The van der Waals surface area contributed by atoms with E-state index < -0.39 is 54.2 Å². The highest BCUT2D eigenvalue weighted by Gasteiger charge is 2.56. The molecule has 0 amide bonds. The maximum absolute atomic E-state index is 15.8. The molecule has 1 fully saturated rings. The molecular weight excluding hydrogens is 568 g/mol. The van der Waals surface area contributed by atoms with Crippen molar-refractivity contribution in [2.75, 3.05) is 12.3 Å². The van der Waals surface area contributed by atoms with E-state index in [0.29, 0.717) is 16.6 Å². The van der Waals surface area contributed by atoms with Gasteiger partial charge in [-0.15, -0.1) is 0 Å². The fourth-order valence-corrected chi connectivity index (χ4v) is 6.75. The first-order valence-corrected chi connectivity index (χ1v) is 14.4. The summed E-state index contributed by atoms with van der Waals surface area (Å²) in [7, 11) is -16.9. The van der Waals surface area contributed by atoms with Gasteiger partial charge in [-0.3, -0.25) is 9.62 Å². The Kier molecular flexibility index (Phi) is 7.22. The zero-order valence-corrected chi connectivity index (χ0v) is 21.1. The molecule has 1 saturated heterocycles. The molecular formula is C15H20FN6O12P3. The Hall–Kier alpha value is -2.11. The van der Waals surface area contributed by atoms with Crippen molar-refractivity contribution in [1.82, 2.24) is 24.7 Å². The minimum absolute atomic E-state index is 0.0525. The van der Waals surface area contributed by atoms with Crippen LogP contribution in [0.3, 0.4) is 0 Å². The molecule has 18 nitrogen and oxygen atoms in total. The predicted molar refractivity (Wildman–Crippen MR) is 119 cm³/mol. The number of phosphoric acid groups is 3. The number of hydrogen-bond donors (Lipinski definition) is 7. The van der Waals surface area contributed by atoms with E-state index >= 15 is 4.39 Å². The lowest BCUT2D eigenvalue weighted by molar-refractivity contribution is -0.0557. The molecule has 1 aliphatic rings. The Balaban J connectivity index is 1.59. The van der Waals surface area contributed by atoms with E-state index in [0.717, 1.165) is 13.3 Å². The zero-order chi connectivity index (χ0) is 27.4. The van der Waals surface area contributed by atoms with E-state index in [1.165, 1.54) is 17.0 Å². The second-order valence-corrected chi connectivity index (χ2v) is 12.3. The number of alkyl halides is 1. The maximum Gasteiger partial charge on any atom is 0.490 e. The van der Waals surface area contributed by atoms with Crippen molar-refractivity contribution in [3.8, 4) is 11.3 Å². The van der Waals surface area contributed by atoms with Gasteiger partial charge in [-0.2, -0.15) is 13.7 Å². The monoisotopic (exact) mass is 588 g/mol. The number of aliphatic hydroxyl groups excluding tert-OH is 1. The highest BCUT2D eigenvalue weighted by Crippen LogP contribution is 2.66. The van der Waals surface area contributed by atoms with Gasteiger partial charge in [0.2, 0.25) is 0 Å². The van der Waals surface area contributed by atoms with Gasteiger partial charge in [-0.1, -0.05) is 0 Å². The van der Waals surface area contributed by atoms with Crippen LogP contribution in [-0.2, 0) is 31.6 Å². The summed E-state index contributed by atoms with van der Waals surface area (Å²) in [6, 6.07) is 1.61. The first-order valence-electron chi connectivity index (χ1n) is 9.92. The molecule has 0 bridgehead atoms. The Morgan fingerprint density at radius 3 is 2.54 bits per heavy atom. The van der Waals surface area contributed by atoms with Crippen LogP contribution < -0.4 is 5.73 Å². The number of anilines is 1. The van der Waals surface area contributed by atoms with Crippen molar-refractivity contribution in [2.45, 2.75) is 31.0 Å². The number of phosphoric ester groups is 1. The number of aliphatic hydroxyl groups is 1. The minimum Gasteiger partial charge on any atom is -0.387 e.